The number of ether oxygens (including phenoxy) is 2. The number of rotatable bonds is 7. The molecule has 1 atom stereocenters. The van der Waals surface area contributed by atoms with Gasteiger partial charge in [0.2, 0.25) is 11.8 Å². The maximum absolute atomic E-state index is 12.8. The van der Waals surface area contributed by atoms with E-state index < -0.39 is 0 Å². The third-order valence-corrected chi connectivity index (χ3v) is 4.78. The predicted molar refractivity (Wildman–Crippen MR) is 111 cm³/mol. The van der Waals surface area contributed by atoms with Gasteiger partial charge in [0.05, 0.1) is 18.7 Å². The van der Waals surface area contributed by atoms with Gasteiger partial charge in [-0.1, -0.05) is 6.07 Å². The summed E-state index contributed by atoms with van der Waals surface area (Å²) >= 11 is 0. The van der Waals surface area contributed by atoms with Gasteiger partial charge >= 0.3 is 0 Å². The monoisotopic (exact) mass is 398 g/mol. The molecule has 8 heteroatoms. The third kappa shape index (κ3) is 5.45. The highest BCUT2D eigenvalue weighted by molar-refractivity contribution is 5.96. The number of pyridine rings is 1. The summed E-state index contributed by atoms with van der Waals surface area (Å²) in [7, 11) is 2.97. The summed E-state index contributed by atoms with van der Waals surface area (Å²) in [5.74, 6) is 0.912. The van der Waals surface area contributed by atoms with E-state index in [0.717, 1.165) is 25.2 Å². The number of aromatic nitrogens is 1. The highest BCUT2D eigenvalue weighted by atomic mass is 16.5. The fourth-order valence-corrected chi connectivity index (χ4v) is 3.37. The lowest BCUT2D eigenvalue weighted by molar-refractivity contribution is -0.120. The topological polar surface area (TPSA) is 92.8 Å². The first-order valence-electron chi connectivity index (χ1n) is 9.54. The van der Waals surface area contributed by atoms with Crippen LogP contribution >= 0.6 is 0 Å². The van der Waals surface area contributed by atoms with Gasteiger partial charge in [-0.2, -0.15) is 0 Å². The minimum Gasteiger partial charge on any atom is -0.494 e. The molecule has 154 valence electrons. The number of piperidine rings is 1. The first-order chi connectivity index (χ1) is 14.1. The molecule has 2 amide bonds. The second-order valence-corrected chi connectivity index (χ2v) is 6.86. The standard InChI is InChI=1S/C21H26N4O4/c1-28-14-20(26)24-17-9-8-16(12-18(17)29-2)23-21(27)15-6-5-11-25(13-15)19-7-3-4-10-22-19/h3-4,7-10,12,15H,5-6,11,13-14H2,1-2H3,(H,23,27)(H,24,26). The summed E-state index contributed by atoms with van der Waals surface area (Å²) < 4.78 is 10.2. The molecular formula is C21H26N4O4. The quantitative estimate of drug-likeness (QED) is 0.745. The average Bonchev–Trinajstić information content (AvgIpc) is 2.75. The molecule has 0 aliphatic carbocycles. The van der Waals surface area contributed by atoms with Gasteiger partial charge < -0.3 is 25.0 Å². The molecule has 2 aromatic rings. The molecule has 1 unspecified atom stereocenters. The number of benzene rings is 1. The number of nitrogens with zero attached hydrogens (tertiary/aromatic N) is 2. The van der Waals surface area contributed by atoms with E-state index in [-0.39, 0.29) is 24.3 Å². The molecule has 1 aromatic heterocycles. The first-order valence-corrected chi connectivity index (χ1v) is 9.54. The zero-order valence-electron chi connectivity index (χ0n) is 16.7. The zero-order valence-corrected chi connectivity index (χ0v) is 16.7. The van der Waals surface area contributed by atoms with E-state index in [1.807, 2.05) is 18.2 Å². The number of nitrogens with one attached hydrogen (secondary N) is 2. The van der Waals surface area contributed by atoms with Crippen molar-refractivity contribution < 1.29 is 19.1 Å². The number of hydrogen-bond acceptors (Lipinski definition) is 6. The molecule has 0 radical (unpaired) electrons. The van der Waals surface area contributed by atoms with Crippen molar-refractivity contribution in [2.45, 2.75) is 12.8 Å². The summed E-state index contributed by atoms with van der Waals surface area (Å²) in [5.41, 5.74) is 1.14. The second kappa shape index (κ2) is 9.88. The molecule has 1 aromatic carbocycles. The summed E-state index contributed by atoms with van der Waals surface area (Å²) in [6, 6.07) is 10.9. The van der Waals surface area contributed by atoms with E-state index in [1.54, 1.807) is 24.4 Å². The van der Waals surface area contributed by atoms with Gasteiger partial charge in [0, 0.05) is 38.1 Å². The Balaban J connectivity index is 1.64. The van der Waals surface area contributed by atoms with Crippen LogP contribution in [0.15, 0.2) is 42.6 Å². The Labute approximate surface area is 170 Å². The Kier molecular flexibility index (Phi) is 7.02. The lowest BCUT2D eigenvalue weighted by Gasteiger charge is -2.32. The number of methoxy groups -OCH3 is 2. The number of amides is 2. The Morgan fingerprint density at radius 1 is 1.21 bits per heavy atom. The molecule has 1 aliphatic rings. The fourth-order valence-electron chi connectivity index (χ4n) is 3.37. The molecule has 3 rings (SSSR count). The lowest BCUT2D eigenvalue weighted by Crippen LogP contribution is -2.41. The fraction of sp³-hybridized carbons (Fsp3) is 0.381. The SMILES string of the molecule is COCC(=O)Nc1ccc(NC(=O)C2CCCN(c3ccccn3)C2)cc1OC. The van der Waals surface area contributed by atoms with Gasteiger partial charge in [-0.15, -0.1) is 0 Å². The van der Waals surface area contributed by atoms with Crippen molar-refractivity contribution >= 4 is 29.0 Å². The van der Waals surface area contributed by atoms with Crippen LogP contribution in [0.5, 0.6) is 5.75 Å². The maximum atomic E-state index is 12.8. The highest BCUT2D eigenvalue weighted by Crippen LogP contribution is 2.29. The van der Waals surface area contributed by atoms with Crippen LogP contribution in [0.25, 0.3) is 0 Å². The molecule has 1 saturated heterocycles. The molecule has 0 spiro atoms. The van der Waals surface area contributed by atoms with Crippen molar-refractivity contribution in [3.63, 3.8) is 0 Å². The molecule has 2 heterocycles. The maximum Gasteiger partial charge on any atom is 0.250 e. The van der Waals surface area contributed by atoms with E-state index >= 15 is 0 Å². The van der Waals surface area contributed by atoms with E-state index in [1.165, 1.54) is 14.2 Å². The zero-order chi connectivity index (χ0) is 20.6. The largest absolute Gasteiger partial charge is 0.494 e. The Hall–Kier alpha value is -3.13. The Morgan fingerprint density at radius 3 is 2.79 bits per heavy atom. The first kappa shape index (κ1) is 20.6. The molecule has 8 nitrogen and oxygen atoms in total. The van der Waals surface area contributed by atoms with Crippen LogP contribution in [0.4, 0.5) is 17.2 Å². The minimum atomic E-state index is -0.278. The molecule has 29 heavy (non-hydrogen) atoms. The van der Waals surface area contributed by atoms with E-state index in [0.29, 0.717) is 23.7 Å². The van der Waals surface area contributed by atoms with Crippen LogP contribution in [0, 0.1) is 5.92 Å². The van der Waals surface area contributed by atoms with Crippen molar-refractivity contribution in [3.05, 3.63) is 42.6 Å². The third-order valence-electron chi connectivity index (χ3n) is 4.78. The van der Waals surface area contributed by atoms with Gasteiger partial charge in [-0.25, -0.2) is 4.98 Å². The number of carbonyl (C=O) groups is 2. The molecule has 1 aliphatic heterocycles. The van der Waals surface area contributed by atoms with E-state index in [9.17, 15) is 9.59 Å². The van der Waals surface area contributed by atoms with E-state index in [4.69, 9.17) is 9.47 Å². The minimum absolute atomic E-state index is 0.0381. The molecule has 0 saturated carbocycles. The highest BCUT2D eigenvalue weighted by Gasteiger charge is 2.26. The van der Waals surface area contributed by atoms with Crippen LogP contribution in [-0.4, -0.2) is 50.7 Å². The Morgan fingerprint density at radius 2 is 2.07 bits per heavy atom. The van der Waals surface area contributed by atoms with Gasteiger partial charge in [0.25, 0.3) is 0 Å². The number of carbonyl (C=O) groups excluding carboxylic acids is 2. The van der Waals surface area contributed by atoms with Crippen molar-refractivity contribution in [2.24, 2.45) is 5.92 Å². The smallest absolute Gasteiger partial charge is 0.250 e. The summed E-state index contributed by atoms with van der Waals surface area (Å²) in [5, 5.41) is 5.68. The predicted octanol–water partition coefficient (Wildman–Crippen LogP) is 2.53. The number of hydrogen-bond donors (Lipinski definition) is 2. The Bertz CT molecular complexity index is 844. The van der Waals surface area contributed by atoms with Crippen molar-refractivity contribution in [2.75, 3.05) is 49.4 Å². The lowest BCUT2D eigenvalue weighted by atomic mass is 9.97. The van der Waals surface area contributed by atoms with Gasteiger partial charge in [0.15, 0.2) is 0 Å². The van der Waals surface area contributed by atoms with Crippen LogP contribution in [0.2, 0.25) is 0 Å². The van der Waals surface area contributed by atoms with Crippen LogP contribution in [-0.2, 0) is 14.3 Å². The normalized spacial score (nSPS) is 16.2. The molecular weight excluding hydrogens is 372 g/mol. The second-order valence-electron chi connectivity index (χ2n) is 6.86. The summed E-state index contributed by atoms with van der Waals surface area (Å²) in [6.07, 6.45) is 3.53. The molecule has 0 bridgehead atoms. The average molecular weight is 398 g/mol. The van der Waals surface area contributed by atoms with Crippen LogP contribution in [0.3, 0.4) is 0 Å². The molecule has 2 N–H and O–H groups in total. The van der Waals surface area contributed by atoms with Crippen molar-refractivity contribution in [1.29, 1.82) is 0 Å². The van der Waals surface area contributed by atoms with Gasteiger partial charge in [0.1, 0.15) is 18.2 Å². The van der Waals surface area contributed by atoms with Crippen molar-refractivity contribution in [1.82, 2.24) is 4.98 Å². The summed E-state index contributed by atoms with van der Waals surface area (Å²) in [4.78, 5) is 31.1. The van der Waals surface area contributed by atoms with Crippen molar-refractivity contribution in [3.8, 4) is 5.75 Å². The van der Waals surface area contributed by atoms with Gasteiger partial charge in [-0.05, 0) is 37.1 Å². The van der Waals surface area contributed by atoms with Crippen LogP contribution < -0.4 is 20.3 Å². The van der Waals surface area contributed by atoms with Gasteiger partial charge in [-0.3, -0.25) is 9.59 Å². The number of anilines is 3. The summed E-state index contributed by atoms with van der Waals surface area (Å²) in [6.45, 7) is 1.48. The van der Waals surface area contributed by atoms with E-state index in [2.05, 4.69) is 20.5 Å². The molecule has 1 fully saturated rings. The van der Waals surface area contributed by atoms with Crippen LogP contribution in [0.1, 0.15) is 12.8 Å².